The lowest BCUT2D eigenvalue weighted by Gasteiger charge is -2.24. The first-order valence-electron chi connectivity index (χ1n) is 6.55. The van der Waals surface area contributed by atoms with Crippen molar-refractivity contribution >= 4 is 28.7 Å². The van der Waals surface area contributed by atoms with Crippen LogP contribution in [0.15, 0.2) is 12.3 Å². The van der Waals surface area contributed by atoms with Crippen molar-refractivity contribution in [3.8, 4) is 0 Å². The molecule has 0 aromatic carbocycles. The number of likely N-dealkylation sites (tertiary alicyclic amines) is 1. The van der Waals surface area contributed by atoms with Gasteiger partial charge in [-0.1, -0.05) is 0 Å². The largest absolute Gasteiger partial charge is 0.444 e. The van der Waals surface area contributed by atoms with Crippen molar-refractivity contribution in [1.29, 1.82) is 0 Å². The second kappa shape index (κ2) is 5.83. The van der Waals surface area contributed by atoms with Crippen LogP contribution in [0, 0.1) is 9.39 Å². The number of ether oxygens (including phenoxy) is 1. The number of rotatable bonds is 1. The fourth-order valence-electron chi connectivity index (χ4n) is 2.20. The van der Waals surface area contributed by atoms with Crippen LogP contribution in [0.1, 0.15) is 38.8 Å². The molecule has 20 heavy (non-hydrogen) atoms. The molecule has 1 aromatic heterocycles. The van der Waals surface area contributed by atoms with E-state index in [1.165, 1.54) is 6.07 Å². The molecule has 0 spiro atoms. The van der Waals surface area contributed by atoms with Crippen molar-refractivity contribution in [3.05, 3.63) is 27.3 Å². The van der Waals surface area contributed by atoms with Crippen molar-refractivity contribution in [1.82, 2.24) is 9.88 Å². The minimum absolute atomic E-state index is 0.0560. The van der Waals surface area contributed by atoms with E-state index < -0.39 is 5.60 Å². The van der Waals surface area contributed by atoms with Gasteiger partial charge in [-0.25, -0.2) is 9.18 Å². The smallest absolute Gasteiger partial charge is 0.410 e. The molecule has 0 aliphatic carbocycles. The Morgan fingerprint density at radius 3 is 2.85 bits per heavy atom. The first-order valence-corrected chi connectivity index (χ1v) is 7.63. The Balaban J connectivity index is 2.03. The summed E-state index contributed by atoms with van der Waals surface area (Å²) in [4.78, 5) is 17.8. The molecule has 1 amide bonds. The van der Waals surface area contributed by atoms with Gasteiger partial charge in [0.15, 0.2) is 0 Å². The minimum Gasteiger partial charge on any atom is -0.444 e. The monoisotopic (exact) mass is 392 g/mol. The first-order chi connectivity index (χ1) is 9.26. The highest BCUT2D eigenvalue weighted by atomic mass is 127. The summed E-state index contributed by atoms with van der Waals surface area (Å²) in [7, 11) is 0. The third-order valence-electron chi connectivity index (χ3n) is 3.06. The van der Waals surface area contributed by atoms with Crippen LogP contribution in [0.25, 0.3) is 0 Å². The van der Waals surface area contributed by atoms with Gasteiger partial charge in [0.25, 0.3) is 0 Å². The van der Waals surface area contributed by atoms with Crippen LogP contribution in [0.4, 0.5) is 9.18 Å². The Morgan fingerprint density at radius 2 is 2.25 bits per heavy atom. The van der Waals surface area contributed by atoms with E-state index in [0.717, 1.165) is 3.57 Å². The quantitative estimate of drug-likeness (QED) is 0.687. The number of hydrogen-bond acceptors (Lipinski definition) is 3. The zero-order chi connectivity index (χ0) is 14.9. The molecule has 110 valence electrons. The van der Waals surface area contributed by atoms with E-state index in [9.17, 15) is 9.18 Å². The van der Waals surface area contributed by atoms with E-state index in [-0.39, 0.29) is 17.8 Å². The first kappa shape index (κ1) is 15.5. The van der Waals surface area contributed by atoms with Crippen molar-refractivity contribution < 1.29 is 13.9 Å². The molecule has 1 fully saturated rings. The maximum absolute atomic E-state index is 13.9. The Morgan fingerprint density at radius 1 is 1.55 bits per heavy atom. The molecule has 1 aromatic rings. The van der Waals surface area contributed by atoms with Crippen LogP contribution in [-0.2, 0) is 4.74 Å². The molecule has 0 N–H and O–H groups in total. The number of nitrogens with zero attached hydrogens (tertiary/aromatic N) is 2. The second-order valence-corrected chi connectivity index (χ2v) is 7.18. The fourth-order valence-corrected chi connectivity index (χ4v) is 2.61. The van der Waals surface area contributed by atoms with Gasteiger partial charge in [0.1, 0.15) is 11.4 Å². The molecule has 0 radical (unpaired) electrons. The van der Waals surface area contributed by atoms with Crippen LogP contribution in [-0.4, -0.2) is 34.7 Å². The molecule has 6 heteroatoms. The molecule has 1 aliphatic heterocycles. The summed E-state index contributed by atoms with van der Waals surface area (Å²) < 4.78 is 20.0. The standard InChI is InChI=1S/C14H18FIN2O2/c1-14(2,3)20-13(19)18-5-4-9(8-18)12-11(15)6-10(16)7-17-12/h6-7,9H,4-5,8H2,1-3H3. The summed E-state index contributed by atoms with van der Waals surface area (Å²) in [6.45, 7) is 6.53. The van der Waals surface area contributed by atoms with Crippen molar-refractivity contribution in [2.45, 2.75) is 38.7 Å². The van der Waals surface area contributed by atoms with E-state index in [1.54, 1.807) is 11.1 Å². The summed E-state index contributed by atoms with van der Waals surface area (Å²) in [6, 6.07) is 1.47. The molecule has 1 unspecified atom stereocenters. The van der Waals surface area contributed by atoms with Crippen molar-refractivity contribution in [2.75, 3.05) is 13.1 Å². The average Bonchev–Trinajstić information content (AvgIpc) is 2.75. The highest BCUT2D eigenvalue weighted by molar-refractivity contribution is 14.1. The van der Waals surface area contributed by atoms with Crippen LogP contribution in [0.2, 0.25) is 0 Å². The van der Waals surface area contributed by atoms with Gasteiger partial charge >= 0.3 is 6.09 Å². The molecule has 2 heterocycles. The van der Waals surface area contributed by atoms with Crippen molar-refractivity contribution in [2.24, 2.45) is 0 Å². The highest BCUT2D eigenvalue weighted by Gasteiger charge is 2.32. The minimum atomic E-state index is -0.512. The summed E-state index contributed by atoms with van der Waals surface area (Å²) in [5, 5.41) is 0. The highest BCUT2D eigenvalue weighted by Crippen LogP contribution is 2.29. The molecule has 0 bridgehead atoms. The normalized spacial score (nSPS) is 19.2. The van der Waals surface area contributed by atoms with Crippen LogP contribution < -0.4 is 0 Å². The third kappa shape index (κ3) is 3.80. The SMILES string of the molecule is CC(C)(C)OC(=O)N1CCC(c2ncc(I)cc2F)C1. The molecular weight excluding hydrogens is 374 g/mol. The molecule has 1 aliphatic rings. The number of hydrogen-bond donors (Lipinski definition) is 0. The predicted octanol–water partition coefficient (Wildman–Crippen LogP) is 3.55. The number of pyridine rings is 1. The maximum atomic E-state index is 13.9. The number of amides is 1. The molecule has 1 saturated heterocycles. The summed E-state index contributed by atoms with van der Waals surface area (Å²) in [5.41, 5.74) is -0.0712. The van der Waals surface area contributed by atoms with E-state index >= 15 is 0 Å². The van der Waals surface area contributed by atoms with Crippen LogP contribution in [0.5, 0.6) is 0 Å². The lowest BCUT2D eigenvalue weighted by atomic mass is 10.0. The number of aromatic nitrogens is 1. The van der Waals surface area contributed by atoms with E-state index in [0.29, 0.717) is 25.2 Å². The van der Waals surface area contributed by atoms with Gasteiger partial charge in [0.2, 0.25) is 0 Å². The average molecular weight is 392 g/mol. The maximum Gasteiger partial charge on any atom is 0.410 e. The fraction of sp³-hybridized carbons (Fsp3) is 0.571. The van der Waals surface area contributed by atoms with Gasteiger partial charge in [-0.2, -0.15) is 0 Å². The second-order valence-electron chi connectivity index (χ2n) is 5.93. The van der Waals surface area contributed by atoms with E-state index in [4.69, 9.17) is 4.74 Å². The van der Waals surface area contributed by atoms with E-state index in [2.05, 4.69) is 4.98 Å². The van der Waals surface area contributed by atoms with Gasteiger partial charge < -0.3 is 9.64 Å². The lowest BCUT2D eigenvalue weighted by molar-refractivity contribution is 0.0292. The Labute approximate surface area is 131 Å². The third-order valence-corrected chi connectivity index (χ3v) is 3.65. The van der Waals surface area contributed by atoms with Gasteiger partial charge in [-0.15, -0.1) is 0 Å². The summed E-state index contributed by atoms with van der Waals surface area (Å²) >= 11 is 2.03. The van der Waals surface area contributed by atoms with Crippen LogP contribution >= 0.6 is 22.6 Å². The molecule has 4 nitrogen and oxygen atoms in total. The molecule has 0 saturated carbocycles. The number of carbonyl (C=O) groups excluding carboxylic acids is 1. The Bertz CT molecular complexity index is 516. The summed E-state index contributed by atoms with van der Waals surface area (Å²) in [6.07, 6.45) is 2.02. The molecule has 2 rings (SSSR count). The lowest BCUT2D eigenvalue weighted by Crippen LogP contribution is -2.35. The Hall–Kier alpha value is -0.920. The van der Waals surface area contributed by atoms with Gasteiger partial charge in [0.05, 0.1) is 5.69 Å². The Kier molecular flexibility index (Phi) is 4.51. The zero-order valence-electron chi connectivity index (χ0n) is 11.8. The summed E-state index contributed by atoms with van der Waals surface area (Å²) in [5.74, 6) is -0.354. The van der Waals surface area contributed by atoms with Gasteiger partial charge in [-0.3, -0.25) is 4.98 Å². The number of carbonyl (C=O) groups is 1. The van der Waals surface area contributed by atoms with E-state index in [1.807, 2.05) is 43.4 Å². The van der Waals surface area contributed by atoms with Crippen molar-refractivity contribution in [3.63, 3.8) is 0 Å². The zero-order valence-corrected chi connectivity index (χ0v) is 14.0. The molecular formula is C14H18FIN2O2. The van der Waals surface area contributed by atoms with Crippen LogP contribution in [0.3, 0.4) is 0 Å². The predicted molar refractivity (Wildman–Crippen MR) is 82.1 cm³/mol. The van der Waals surface area contributed by atoms with Gasteiger partial charge in [-0.05, 0) is 55.8 Å². The van der Waals surface area contributed by atoms with Gasteiger partial charge in [0, 0.05) is 28.8 Å². The number of halogens is 2. The molecule has 1 atom stereocenters. The topological polar surface area (TPSA) is 42.4 Å².